The quantitative estimate of drug-likeness (QED) is 0.755. The smallest absolute Gasteiger partial charge is 0.168 e. The van der Waals surface area contributed by atoms with Gasteiger partial charge in [-0.1, -0.05) is 48.5 Å². The summed E-state index contributed by atoms with van der Waals surface area (Å²) >= 11 is 0. The Morgan fingerprint density at radius 2 is 1.35 bits per heavy atom. The Morgan fingerprint density at radius 3 is 1.65 bits per heavy atom. The lowest BCUT2D eigenvalue weighted by Gasteiger charge is -2.53. The highest BCUT2D eigenvalue weighted by Crippen LogP contribution is 2.53. The molecule has 3 nitrogen and oxygen atoms in total. The molecule has 0 rings (SSSR count). The van der Waals surface area contributed by atoms with E-state index in [0.717, 1.165) is 13.0 Å². The predicted octanol–water partition coefficient (Wildman–Crippen LogP) is 3.76. The molecule has 0 aromatic heterocycles. The molecule has 0 aliphatic carbocycles. The van der Waals surface area contributed by atoms with Crippen LogP contribution >= 0.6 is 0 Å². The van der Waals surface area contributed by atoms with Gasteiger partial charge in [0, 0.05) is 12.0 Å². The van der Waals surface area contributed by atoms with Gasteiger partial charge in [-0.3, -0.25) is 0 Å². The number of hydrogen-bond acceptors (Lipinski definition) is 3. The Labute approximate surface area is 126 Å². The molecule has 0 fully saturated rings. The molecule has 20 heavy (non-hydrogen) atoms. The molecule has 0 bridgehead atoms. The monoisotopic (exact) mass is 287 g/mol. The van der Waals surface area contributed by atoms with E-state index in [1.807, 2.05) is 21.0 Å². The Balaban J connectivity index is 5.20. The van der Waals surface area contributed by atoms with Crippen LogP contribution in [-0.2, 0) is 4.74 Å². The first-order valence-electron chi connectivity index (χ1n) is 7.63. The molecular formula is C17H37NO2. The fourth-order valence-electron chi connectivity index (χ4n) is 2.77. The fraction of sp³-hybridized carbons (Fsp3) is 1.00. The van der Waals surface area contributed by atoms with Gasteiger partial charge < -0.3 is 14.7 Å². The fourth-order valence-corrected chi connectivity index (χ4v) is 2.77. The summed E-state index contributed by atoms with van der Waals surface area (Å²) in [5.41, 5.74) is -0.247. The SMILES string of the molecule is CN(C)CCOC(C)(O)C(C)(CC(C)(C)C)C(C)(C)C. The summed E-state index contributed by atoms with van der Waals surface area (Å²) in [6, 6.07) is 0. The van der Waals surface area contributed by atoms with Crippen molar-refractivity contribution >= 4 is 0 Å². The maximum absolute atomic E-state index is 11.0. The zero-order chi connectivity index (χ0) is 16.4. The number of hydrogen-bond donors (Lipinski definition) is 1. The molecule has 0 saturated carbocycles. The molecule has 0 aliphatic rings. The maximum Gasteiger partial charge on any atom is 0.168 e. The summed E-state index contributed by atoms with van der Waals surface area (Å²) < 4.78 is 5.89. The minimum absolute atomic E-state index is 0.0537. The van der Waals surface area contributed by atoms with Crippen molar-refractivity contribution in [2.45, 2.75) is 67.6 Å². The van der Waals surface area contributed by atoms with Gasteiger partial charge in [0.25, 0.3) is 0 Å². The Bertz CT molecular complexity index is 297. The second-order valence-corrected chi connectivity index (χ2v) is 8.95. The zero-order valence-corrected chi connectivity index (χ0v) is 15.4. The van der Waals surface area contributed by atoms with E-state index in [9.17, 15) is 5.11 Å². The number of aliphatic hydroxyl groups is 1. The summed E-state index contributed by atoms with van der Waals surface area (Å²) in [4.78, 5) is 2.06. The van der Waals surface area contributed by atoms with Crippen LogP contribution in [0.15, 0.2) is 0 Å². The molecule has 0 radical (unpaired) electrons. The van der Waals surface area contributed by atoms with E-state index in [0.29, 0.717) is 6.61 Å². The minimum Gasteiger partial charge on any atom is -0.365 e. The second kappa shape index (κ2) is 6.33. The van der Waals surface area contributed by atoms with Crippen molar-refractivity contribution in [2.75, 3.05) is 27.2 Å². The summed E-state index contributed by atoms with van der Waals surface area (Å²) in [5, 5.41) is 11.0. The van der Waals surface area contributed by atoms with Crippen molar-refractivity contribution in [3.8, 4) is 0 Å². The molecule has 2 unspecified atom stereocenters. The highest BCUT2D eigenvalue weighted by molar-refractivity contribution is 4.97. The first-order chi connectivity index (χ1) is 8.62. The van der Waals surface area contributed by atoms with Gasteiger partial charge in [0.2, 0.25) is 0 Å². The van der Waals surface area contributed by atoms with Gasteiger partial charge in [-0.15, -0.1) is 0 Å². The minimum atomic E-state index is -1.14. The summed E-state index contributed by atoms with van der Waals surface area (Å²) in [6.45, 7) is 18.5. The molecule has 0 aromatic carbocycles. The van der Waals surface area contributed by atoms with Crippen LogP contribution in [0.2, 0.25) is 0 Å². The van der Waals surface area contributed by atoms with Crippen LogP contribution in [0.3, 0.4) is 0 Å². The molecule has 122 valence electrons. The molecule has 0 heterocycles. The third-order valence-electron chi connectivity index (χ3n) is 4.48. The van der Waals surface area contributed by atoms with Crippen molar-refractivity contribution in [1.82, 2.24) is 4.90 Å². The van der Waals surface area contributed by atoms with Crippen molar-refractivity contribution < 1.29 is 9.84 Å². The van der Waals surface area contributed by atoms with E-state index < -0.39 is 5.79 Å². The maximum atomic E-state index is 11.0. The number of rotatable bonds is 6. The van der Waals surface area contributed by atoms with Crippen molar-refractivity contribution in [3.05, 3.63) is 0 Å². The summed E-state index contributed by atoms with van der Waals surface area (Å²) in [7, 11) is 4.02. The number of likely N-dealkylation sites (N-methyl/N-ethyl adjacent to an activating group) is 1. The highest BCUT2D eigenvalue weighted by atomic mass is 16.6. The third-order valence-corrected chi connectivity index (χ3v) is 4.48. The van der Waals surface area contributed by atoms with Gasteiger partial charge in [-0.25, -0.2) is 0 Å². The van der Waals surface area contributed by atoms with E-state index in [1.165, 1.54) is 0 Å². The normalized spacial score (nSPS) is 19.8. The Hall–Kier alpha value is -0.120. The van der Waals surface area contributed by atoms with Crippen LogP contribution in [0.5, 0.6) is 0 Å². The van der Waals surface area contributed by atoms with E-state index in [2.05, 4.69) is 53.4 Å². The van der Waals surface area contributed by atoms with Gasteiger partial charge in [0.15, 0.2) is 5.79 Å². The van der Waals surface area contributed by atoms with Gasteiger partial charge in [-0.05, 0) is 38.3 Å². The van der Waals surface area contributed by atoms with Gasteiger partial charge in [-0.2, -0.15) is 0 Å². The van der Waals surface area contributed by atoms with Crippen molar-refractivity contribution in [1.29, 1.82) is 0 Å². The molecule has 0 amide bonds. The largest absolute Gasteiger partial charge is 0.365 e. The lowest BCUT2D eigenvalue weighted by Crippen LogP contribution is -2.55. The molecule has 2 atom stereocenters. The van der Waals surface area contributed by atoms with E-state index >= 15 is 0 Å². The molecule has 0 spiro atoms. The third kappa shape index (κ3) is 5.34. The Kier molecular flexibility index (Phi) is 6.29. The molecule has 3 heteroatoms. The summed E-state index contributed by atoms with van der Waals surface area (Å²) in [5.74, 6) is -1.14. The van der Waals surface area contributed by atoms with Crippen LogP contribution in [0.1, 0.15) is 61.8 Å². The predicted molar refractivity (Wildman–Crippen MR) is 86.8 cm³/mol. The van der Waals surface area contributed by atoms with Crippen LogP contribution < -0.4 is 0 Å². The van der Waals surface area contributed by atoms with Crippen molar-refractivity contribution in [2.24, 2.45) is 16.2 Å². The zero-order valence-electron chi connectivity index (χ0n) is 15.4. The summed E-state index contributed by atoms with van der Waals surface area (Å²) in [6.07, 6.45) is 0.901. The van der Waals surface area contributed by atoms with E-state index in [1.54, 1.807) is 0 Å². The number of nitrogens with zero attached hydrogens (tertiary/aromatic N) is 1. The molecule has 1 N–H and O–H groups in total. The second-order valence-electron chi connectivity index (χ2n) is 8.95. The van der Waals surface area contributed by atoms with Crippen LogP contribution in [-0.4, -0.2) is 43.0 Å². The van der Waals surface area contributed by atoms with Crippen LogP contribution in [0, 0.1) is 16.2 Å². The first kappa shape index (κ1) is 19.9. The first-order valence-corrected chi connectivity index (χ1v) is 7.63. The van der Waals surface area contributed by atoms with Gasteiger partial charge in [0.05, 0.1) is 6.61 Å². The van der Waals surface area contributed by atoms with Crippen molar-refractivity contribution in [3.63, 3.8) is 0 Å². The molecule has 0 saturated heterocycles. The lowest BCUT2D eigenvalue weighted by atomic mass is 9.57. The molecule has 0 aliphatic heterocycles. The van der Waals surface area contributed by atoms with Crippen LogP contribution in [0.4, 0.5) is 0 Å². The highest BCUT2D eigenvalue weighted by Gasteiger charge is 2.53. The van der Waals surface area contributed by atoms with E-state index in [4.69, 9.17) is 4.74 Å². The average molecular weight is 287 g/mol. The Morgan fingerprint density at radius 1 is 0.900 bits per heavy atom. The molecule has 0 aromatic rings. The average Bonchev–Trinajstić information content (AvgIpc) is 2.11. The lowest BCUT2D eigenvalue weighted by molar-refractivity contribution is -0.291. The van der Waals surface area contributed by atoms with Gasteiger partial charge in [0.1, 0.15) is 0 Å². The topological polar surface area (TPSA) is 32.7 Å². The van der Waals surface area contributed by atoms with Crippen LogP contribution in [0.25, 0.3) is 0 Å². The standard InChI is InChI=1S/C17H37NO2/c1-14(2,3)13-16(7,15(4,5)6)17(8,19)20-12-11-18(9)10/h19H,11-13H2,1-10H3. The molecular weight excluding hydrogens is 250 g/mol. The van der Waals surface area contributed by atoms with E-state index in [-0.39, 0.29) is 16.2 Å². The van der Waals surface area contributed by atoms with Gasteiger partial charge >= 0.3 is 0 Å². The number of ether oxygens (including phenoxy) is 1.